The van der Waals surface area contributed by atoms with Crippen molar-refractivity contribution < 1.29 is 4.21 Å². The fraction of sp³-hybridized carbons (Fsp3) is 0.312. The zero-order valence-corrected chi connectivity index (χ0v) is 15.1. The van der Waals surface area contributed by atoms with Gasteiger partial charge in [-0.05, 0) is 25.2 Å². The van der Waals surface area contributed by atoms with Crippen LogP contribution in [0.1, 0.15) is 0 Å². The third-order valence-corrected chi connectivity index (χ3v) is 5.35. The largest absolute Gasteiger partial charge is 0.367 e. The molecule has 0 bridgehead atoms. The average molecular weight is 372 g/mol. The standard InChI is InChI=1S/C16H20N8OS/c1-17-26(25)11-2-3-13(24-6-4-18-5-7-24)12(8-11)23-16-14-15(20-9-19-14)21-10-22-16/h2-3,8-10,17-18H,4-7H2,1H3,(H2,19,20,21,22,23). The number of H-pyrrole nitrogens is 1. The van der Waals surface area contributed by atoms with Gasteiger partial charge in [-0.15, -0.1) is 0 Å². The monoisotopic (exact) mass is 372 g/mol. The number of aromatic nitrogens is 4. The predicted molar refractivity (Wildman–Crippen MR) is 102 cm³/mol. The Balaban J connectivity index is 1.75. The first kappa shape index (κ1) is 16.9. The third kappa shape index (κ3) is 3.26. The Kier molecular flexibility index (Phi) is 4.78. The molecule has 1 atom stereocenters. The molecule has 0 saturated carbocycles. The molecule has 0 radical (unpaired) electrons. The van der Waals surface area contributed by atoms with E-state index in [1.807, 2.05) is 18.2 Å². The van der Waals surface area contributed by atoms with Crippen molar-refractivity contribution in [2.75, 3.05) is 43.4 Å². The molecule has 1 aromatic carbocycles. The van der Waals surface area contributed by atoms with Crippen molar-refractivity contribution in [2.45, 2.75) is 4.90 Å². The molecule has 0 aliphatic carbocycles. The molecular weight excluding hydrogens is 352 g/mol. The van der Waals surface area contributed by atoms with Crippen LogP contribution in [-0.2, 0) is 11.0 Å². The van der Waals surface area contributed by atoms with Crippen molar-refractivity contribution in [1.29, 1.82) is 0 Å². The number of hydrogen-bond acceptors (Lipinski definition) is 7. The van der Waals surface area contributed by atoms with Crippen LogP contribution in [-0.4, -0.2) is 57.4 Å². The second-order valence-corrected chi connectivity index (χ2v) is 7.25. The number of anilines is 3. The summed E-state index contributed by atoms with van der Waals surface area (Å²) < 4.78 is 15.0. The van der Waals surface area contributed by atoms with Gasteiger partial charge < -0.3 is 20.5 Å². The maximum Gasteiger partial charge on any atom is 0.182 e. The minimum atomic E-state index is -1.26. The van der Waals surface area contributed by atoms with Crippen molar-refractivity contribution in [3.8, 4) is 0 Å². The molecule has 0 spiro atoms. The quantitative estimate of drug-likeness (QED) is 0.523. The van der Waals surface area contributed by atoms with E-state index in [-0.39, 0.29) is 0 Å². The summed E-state index contributed by atoms with van der Waals surface area (Å²) >= 11 is 0. The SMILES string of the molecule is CNS(=O)c1ccc(N2CCNCC2)c(Nc2ncnc3nc[nH]c23)c1. The molecule has 0 amide bonds. The molecule has 1 saturated heterocycles. The molecule has 4 rings (SSSR count). The minimum absolute atomic E-state index is 0.598. The Morgan fingerprint density at radius 2 is 2.04 bits per heavy atom. The van der Waals surface area contributed by atoms with Gasteiger partial charge >= 0.3 is 0 Å². The van der Waals surface area contributed by atoms with Crippen LogP contribution in [0.3, 0.4) is 0 Å². The molecular formula is C16H20N8OS. The van der Waals surface area contributed by atoms with Gasteiger partial charge in [-0.2, -0.15) is 0 Å². The topological polar surface area (TPSA) is 111 Å². The highest BCUT2D eigenvalue weighted by atomic mass is 32.2. The number of hydrogen-bond donors (Lipinski definition) is 4. The normalized spacial score (nSPS) is 16.0. The number of imidazole rings is 1. The molecule has 4 N–H and O–H groups in total. The van der Waals surface area contributed by atoms with Crippen LogP contribution in [0.25, 0.3) is 11.2 Å². The van der Waals surface area contributed by atoms with Crippen molar-refractivity contribution in [3.05, 3.63) is 30.9 Å². The van der Waals surface area contributed by atoms with Crippen LogP contribution in [0.15, 0.2) is 35.7 Å². The molecule has 3 heterocycles. The second-order valence-electron chi connectivity index (χ2n) is 5.84. The summed E-state index contributed by atoms with van der Waals surface area (Å²) in [7, 11) is 0.408. The Morgan fingerprint density at radius 3 is 2.85 bits per heavy atom. The van der Waals surface area contributed by atoms with Crippen molar-refractivity contribution in [1.82, 2.24) is 30.0 Å². The van der Waals surface area contributed by atoms with E-state index < -0.39 is 11.0 Å². The van der Waals surface area contributed by atoms with E-state index in [0.717, 1.165) is 43.1 Å². The Labute approximate surface area is 153 Å². The number of fused-ring (bicyclic) bond motifs is 1. The van der Waals surface area contributed by atoms with E-state index in [0.29, 0.717) is 16.4 Å². The summed E-state index contributed by atoms with van der Waals surface area (Å²) in [6.07, 6.45) is 3.07. The molecule has 26 heavy (non-hydrogen) atoms. The first-order chi connectivity index (χ1) is 12.8. The van der Waals surface area contributed by atoms with Gasteiger partial charge in [-0.25, -0.2) is 23.9 Å². The Morgan fingerprint density at radius 1 is 1.19 bits per heavy atom. The molecule has 136 valence electrons. The van der Waals surface area contributed by atoms with Gasteiger partial charge in [-0.3, -0.25) is 0 Å². The van der Waals surface area contributed by atoms with Crippen LogP contribution in [0.2, 0.25) is 0 Å². The van der Waals surface area contributed by atoms with E-state index in [9.17, 15) is 4.21 Å². The molecule has 1 aliphatic heterocycles. The van der Waals surface area contributed by atoms with Gasteiger partial charge in [-0.1, -0.05) is 0 Å². The average Bonchev–Trinajstić information content (AvgIpc) is 3.18. The lowest BCUT2D eigenvalue weighted by Gasteiger charge is -2.31. The summed E-state index contributed by atoms with van der Waals surface area (Å²) in [4.78, 5) is 18.7. The number of nitrogens with one attached hydrogen (secondary N) is 4. The van der Waals surface area contributed by atoms with E-state index in [2.05, 4.69) is 40.2 Å². The number of benzene rings is 1. The van der Waals surface area contributed by atoms with Crippen LogP contribution >= 0.6 is 0 Å². The molecule has 10 heteroatoms. The van der Waals surface area contributed by atoms with Gasteiger partial charge in [0.05, 0.1) is 22.6 Å². The highest BCUT2D eigenvalue weighted by Crippen LogP contribution is 2.32. The van der Waals surface area contributed by atoms with Crippen LogP contribution in [0.5, 0.6) is 0 Å². The zero-order valence-electron chi connectivity index (χ0n) is 14.3. The summed E-state index contributed by atoms with van der Waals surface area (Å²) in [5.41, 5.74) is 3.23. The molecule has 1 fully saturated rings. The van der Waals surface area contributed by atoms with Gasteiger partial charge in [0, 0.05) is 26.2 Å². The first-order valence-electron chi connectivity index (χ1n) is 8.36. The maximum absolute atomic E-state index is 12.2. The van der Waals surface area contributed by atoms with E-state index >= 15 is 0 Å². The second kappa shape index (κ2) is 7.36. The molecule has 3 aromatic rings. The van der Waals surface area contributed by atoms with E-state index in [1.165, 1.54) is 6.33 Å². The predicted octanol–water partition coefficient (Wildman–Crippen LogP) is 0.748. The fourth-order valence-electron chi connectivity index (χ4n) is 3.02. The minimum Gasteiger partial charge on any atom is -0.367 e. The van der Waals surface area contributed by atoms with Gasteiger partial charge in [0.2, 0.25) is 0 Å². The summed E-state index contributed by atoms with van der Waals surface area (Å²) in [6, 6.07) is 5.79. The first-order valence-corrected chi connectivity index (χ1v) is 9.51. The number of aromatic amines is 1. The van der Waals surface area contributed by atoms with Gasteiger partial charge in [0.25, 0.3) is 0 Å². The molecule has 2 aromatic heterocycles. The summed E-state index contributed by atoms with van der Waals surface area (Å²) in [5.74, 6) is 0.635. The van der Waals surface area contributed by atoms with Crippen LogP contribution < -0.4 is 20.3 Å². The Hall–Kier alpha value is -2.56. The summed E-state index contributed by atoms with van der Waals surface area (Å²) in [5, 5.41) is 6.73. The fourth-order valence-corrected chi connectivity index (χ4v) is 3.67. The van der Waals surface area contributed by atoms with Crippen molar-refractivity contribution >= 4 is 39.3 Å². The lowest BCUT2D eigenvalue weighted by Crippen LogP contribution is -2.43. The number of rotatable bonds is 5. The number of nitrogens with zero attached hydrogens (tertiary/aromatic N) is 4. The molecule has 1 aliphatic rings. The van der Waals surface area contributed by atoms with Gasteiger partial charge in [0.1, 0.15) is 22.8 Å². The van der Waals surface area contributed by atoms with E-state index in [4.69, 9.17) is 0 Å². The summed E-state index contributed by atoms with van der Waals surface area (Å²) in [6.45, 7) is 3.68. The zero-order chi connectivity index (χ0) is 17.9. The maximum atomic E-state index is 12.2. The van der Waals surface area contributed by atoms with Crippen molar-refractivity contribution in [2.24, 2.45) is 0 Å². The highest BCUT2D eigenvalue weighted by Gasteiger charge is 2.17. The smallest absolute Gasteiger partial charge is 0.182 e. The van der Waals surface area contributed by atoms with E-state index in [1.54, 1.807) is 13.4 Å². The lowest BCUT2D eigenvalue weighted by atomic mass is 10.2. The van der Waals surface area contributed by atoms with Crippen LogP contribution in [0.4, 0.5) is 17.2 Å². The van der Waals surface area contributed by atoms with Crippen LogP contribution in [0, 0.1) is 0 Å². The highest BCUT2D eigenvalue weighted by molar-refractivity contribution is 7.83. The Bertz CT molecular complexity index is 937. The lowest BCUT2D eigenvalue weighted by molar-refractivity contribution is 0.589. The third-order valence-electron chi connectivity index (χ3n) is 4.30. The molecule has 1 unspecified atom stereocenters. The number of piperazine rings is 1. The van der Waals surface area contributed by atoms with Gasteiger partial charge in [0.15, 0.2) is 11.5 Å². The molecule has 9 nitrogen and oxygen atoms in total. The van der Waals surface area contributed by atoms with Crippen molar-refractivity contribution in [3.63, 3.8) is 0 Å².